The topological polar surface area (TPSA) is 126 Å². The first kappa shape index (κ1) is 52.3. The molecule has 0 aromatic carbocycles. The van der Waals surface area contributed by atoms with Crippen molar-refractivity contribution in [2.45, 2.75) is 147 Å². The summed E-state index contributed by atoms with van der Waals surface area (Å²) in [6.07, 6.45) is 10.2. The second kappa shape index (κ2) is 29.5. The highest BCUT2D eigenvalue weighted by molar-refractivity contribution is 5.76. The average molecular weight is 712 g/mol. The van der Waals surface area contributed by atoms with Crippen LogP contribution in [-0.4, -0.2) is 110 Å². The van der Waals surface area contributed by atoms with Crippen molar-refractivity contribution in [3.8, 4) is 0 Å². The summed E-state index contributed by atoms with van der Waals surface area (Å²) in [5.41, 5.74) is 6.63. The zero-order chi connectivity index (χ0) is 39.4. The Morgan fingerprint density at radius 2 is 1.22 bits per heavy atom. The third kappa shape index (κ3) is 42.1. The number of carbonyl (C=O) groups excluding carboxylic acids is 3. The number of nitrogens with zero attached hydrogens (tertiary/aromatic N) is 2. The van der Waals surface area contributed by atoms with E-state index in [2.05, 4.69) is 82.2 Å². The van der Waals surface area contributed by atoms with E-state index in [0.717, 1.165) is 45.6 Å². The number of likely N-dealkylation sites (N-methyl/N-ethyl adjacent to an activating group) is 1. The fraction of sp³-hybridized carbons (Fsp3) is 0.825. The van der Waals surface area contributed by atoms with Crippen molar-refractivity contribution in [1.29, 1.82) is 0 Å². The minimum Gasteiger partial charge on any atom is -0.459 e. The van der Waals surface area contributed by atoms with Crippen LogP contribution < -0.4 is 16.4 Å². The first-order chi connectivity index (χ1) is 23.0. The Morgan fingerprint density at radius 1 is 0.740 bits per heavy atom. The van der Waals surface area contributed by atoms with Crippen molar-refractivity contribution in [3.05, 3.63) is 23.8 Å². The maximum Gasteiger partial charge on any atom is 0.320 e. The molecule has 0 aliphatic heterocycles. The third-order valence-corrected chi connectivity index (χ3v) is 6.53. The molecule has 0 amide bonds. The summed E-state index contributed by atoms with van der Waals surface area (Å²) in [4.78, 5) is 39.3. The van der Waals surface area contributed by atoms with Crippen molar-refractivity contribution in [2.75, 3.05) is 65.4 Å². The fourth-order valence-corrected chi connectivity index (χ4v) is 4.29. The molecule has 296 valence electrons. The van der Waals surface area contributed by atoms with Gasteiger partial charge in [-0.05, 0) is 80.2 Å². The molecule has 0 aromatic rings. The number of allylic oxidation sites excluding steroid dienone is 1. The molecule has 0 radical (unpaired) electrons. The van der Waals surface area contributed by atoms with Crippen LogP contribution in [0.2, 0.25) is 0 Å². The van der Waals surface area contributed by atoms with E-state index in [1.165, 1.54) is 12.0 Å². The van der Waals surface area contributed by atoms with Crippen LogP contribution in [0.15, 0.2) is 23.8 Å². The van der Waals surface area contributed by atoms with Crippen molar-refractivity contribution in [2.24, 2.45) is 11.1 Å². The SMILES string of the molecule is CC(=O)CC(C)(C)C.CC/C(C)=C/CC(N)/C=C/CNCCNCCN(CCN(CC)CC(=O)OC(C)(C)C)CC(=O)OC(C)(C)C.CCC. The number of esters is 2. The lowest BCUT2D eigenvalue weighted by Gasteiger charge is -2.28. The molecule has 1 unspecified atom stereocenters. The zero-order valence-electron chi connectivity index (χ0n) is 35.2. The summed E-state index contributed by atoms with van der Waals surface area (Å²) >= 11 is 0. The van der Waals surface area contributed by atoms with Crippen molar-refractivity contribution >= 4 is 17.7 Å². The molecule has 0 fully saturated rings. The van der Waals surface area contributed by atoms with Crippen LogP contribution >= 0.6 is 0 Å². The number of carbonyl (C=O) groups is 3. The standard InChI is InChI=1S/C30H59N5O4.C7H14O.C3H8/c1-10-25(3)14-15-26(31)13-12-16-32-17-18-33-19-20-35(24-28(37)39-30(7,8)9)22-21-34(11-2)23-27(36)38-29(4,5)6;1-6(8)5-7(2,3)4;1-3-2/h12-14,26,32-33H,10-11,15-24,31H2,1-9H3;5H2,1-4H3;3H2,1-2H3/b13-12+,25-14+;;. The van der Waals surface area contributed by atoms with E-state index >= 15 is 0 Å². The Hall–Kier alpha value is -2.11. The summed E-state index contributed by atoms with van der Waals surface area (Å²) in [6, 6.07) is 0.0511. The molecule has 0 rings (SSSR count). The molecular weight excluding hydrogens is 630 g/mol. The molecule has 10 nitrogen and oxygen atoms in total. The fourth-order valence-electron chi connectivity index (χ4n) is 4.29. The molecule has 0 heterocycles. The van der Waals surface area contributed by atoms with Gasteiger partial charge in [0, 0.05) is 58.3 Å². The predicted octanol–water partition coefficient (Wildman–Crippen LogP) is 6.53. The number of rotatable bonds is 21. The van der Waals surface area contributed by atoms with Gasteiger partial charge in [0.05, 0.1) is 13.1 Å². The molecule has 4 N–H and O–H groups in total. The maximum absolute atomic E-state index is 12.5. The first-order valence-electron chi connectivity index (χ1n) is 18.9. The van der Waals surface area contributed by atoms with Gasteiger partial charge in [-0.1, -0.05) is 78.7 Å². The van der Waals surface area contributed by atoms with Crippen LogP contribution in [0.1, 0.15) is 130 Å². The minimum absolute atomic E-state index is 0.0511. The van der Waals surface area contributed by atoms with Crippen LogP contribution in [0.3, 0.4) is 0 Å². The van der Waals surface area contributed by atoms with E-state index in [9.17, 15) is 14.4 Å². The van der Waals surface area contributed by atoms with Crippen LogP contribution in [0.25, 0.3) is 0 Å². The normalized spacial score (nSPS) is 13.0. The summed E-state index contributed by atoms with van der Waals surface area (Å²) in [5.74, 6) is -0.209. The van der Waals surface area contributed by atoms with Gasteiger partial charge in [0.15, 0.2) is 0 Å². The molecule has 0 spiro atoms. The number of ketones is 1. The Kier molecular flexibility index (Phi) is 30.8. The molecule has 0 aliphatic carbocycles. The lowest BCUT2D eigenvalue weighted by molar-refractivity contribution is -0.158. The highest BCUT2D eigenvalue weighted by Crippen LogP contribution is 2.18. The summed E-state index contributed by atoms with van der Waals surface area (Å²) in [7, 11) is 0. The number of Topliss-reactive ketones (excluding diaryl/α,β-unsaturated/α-hetero) is 1. The molecule has 0 saturated heterocycles. The van der Waals surface area contributed by atoms with Gasteiger partial charge >= 0.3 is 11.9 Å². The van der Waals surface area contributed by atoms with E-state index < -0.39 is 11.2 Å². The van der Waals surface area contributed by atoms with Crippen molar-refractivity contribution in [1.82, 2.24) is 20.4 Å². The lowest BCUT2D eigenvalue weighted by Crippen LogP contribution is -2.44. The van der Waals surface area contributed by atoms with Gasteiger partial charge in [0.1, 0.15) is 17.0 Å². The van der Waals surface area contributed by atoms with Crippen molar-refractivity contribution in [3.63, 3.8) is 0 Å². The van der Waals surface area contributed by atoms with Crippen LogP contribution in [0.4, 0.5) is 0 Å². The summed E-state index contributed by atoms with van der Waals surface area (Å²) in [6.45, 7) is 35.9. The summed E-state index contributed by atoms with van der Waals surface area (Å²) in [5, 5.41) is 6.82. The van der Waals surface area contributed by atoms with E-state index in [4.69, 9.17) is 15.2 Å². The summed E-state index contributed by atoms with van der Waals surface area (Å²) < 4.78 is 11.0. The molecule has 10 heteroatoms. The van der Waals surface area contributed by atoms with Gasteiger partial charge in [-0.25, -0.2) is 0 Å². The number of ether oxygens (including phenoxy) is 2. The van der Waals surface area contributed by atoms with Crippen LogP contribution in [0.5, 0.6) is 0 Å². The monoisotopic (exact) mass is 712 g/mol. The van der Waals surface area contributed by atoms with Gasteiger partial charge in [-0.15, -0.1) is 0 Å². The molecule has 1 atom stereocenters. The van der Waals surface area contributed by atoms with Gasteiger partial charge < -0.3 is 30.6 Å². The average Bonchev–Trinajstić information content (AvgIpc) is 2.94. The zero-order valence-corrected chi connectivity index (χ0v) is 35.2. The first-order valence-corrected chi connectivity index (χ1v) is 18.9. The van der Waals surface area contributed by atoms with E-state index in [-0.39, 0.29) is 42.3 Å². The highest BCUT2D eigenvalue weighted by atomic mass is 16.6. The number of nitrogens with one attached hydrogen (secondary N) is 2. The lowest BCUT2D eigenvalue weighted by atomic mass is 9.91. The van der Waals surface area contributed by atoms with Gasteiger partial charge in [0.2, 0.25) is 0 Å². The Labute approximate surface area is 308 Å². The van der Waals surface area contributed by atoms with Crippen LogP contribution in [-0.2, 0) is 23.9 Å². The number of nitrogens with two attached hydrogens (primary N) is 1. The minimum atomic E-state index is -0.525. The predicted molar refractivity (Wildman–Crippen MR) is 212 cm³/mol. The number of hydrogen-bond donors (Lipinski definition) is 3. The number of hydrogen-bond acceptors (Lipinski definition) is 10. The Balaban J connectivity index is -0.00000172. The van der Waals surface area contributed by atoms with E-state index in [0.29, 0.717) is 26.1 Å². The Morgan fingerprint density at radius 3 is 1.64 bits per heavy atom. The van der Waals surface area contributed by atoms with Gasteiger partial charge in [0.25, 0.3) is 0 Å². The second-order valence-electron chi connectivity index (χ2n) is 16.2. The van der Waals surface area contributed by atoms with Crippen molar-refractivity contribution < 1.29 is 23.9 Å². The molecule has 0 aliphatic rings. The molecular formula is C40H81N5O5. The maximum atomic E-state index is 12.5. The van der Waals surface area contributed by atoms with Gasteiger partial charge in [-0.3, -0.25) is 19.4 Å². The smallest absolute Gasteiger partial charge is 0.320 e. The quantitative estimate of drug-likeness (QED) is 0.0688. The third-order valence-electron chi connectivity index (χ3n) is 6.53. The largest absolute Gasteiger partial charge is 0.459 e. The molecule has 0 bridgehead atoms. The highest BCUT2D eigenvalue weighted by Gasteiger charge is 2.21. The molecule has 0 saturated carbocycles. The molecule has 50 heavy (non-hydrogen) atoms. The van der Waals surface area contributed by atoms with E-state index in [1.54, 1.807) is 6.92 Å². The van der Waals surface area contributed by atoms with Crippen LogP contribution in [0, 0.1) is 5.41 Å². The second-order valence-corrected chi connectivity index (χ2v) is 16.2. The molecule has 0 aromatic heterocycles. The van der Waals surface area contributed by atoms with Gasteiger partial charge in [-0.2, -0.15) is 0 Å². The van der Waals surface area contributed by atoms with E-state index in [1.807, 2.05) is 53.4 Å². The Bertz CT molecular complexity index is 945.